The standard InChI is InChI=1S/C17H22ClN5O/c1-8-9(2)15(21-16(18)13(8)7-19)17(24)20-11-4-5-14-12(6-11)10(3)22-23-14/h10-12,14,22-23H,4-6H2,1-3H3,(H,20,24). The van der Waals surface area contributed by atoms with Crippen LogP contribution in [0.15, 0.2) is 0 Å². The van der Waals surface area contributed by atoms with E-state index in [4.69, 9.17) is 16.9 Å². The minimum absolute atomic E-state index is 0.0901. The van der Waals surface area contributed by atoms with Gasteiger partial charge in [-0.3, -0.25) is 15.6 Å². The lowest BCUT2D eigenvalue weighted by atomic mass is 9.79. The first-order valence-corrected chi connectivity index (χ1v) is 8.68. The Bertz CT molecular complexity index is 714. The Morgan fingerprint density at radius 1 is 1.33 bits per heavy atom. The van der Waals surface area contributed by atoms with E-state index in [0.29, 0.717) is 40.4 Å². The molecule has 0 radical (unpaired) electrons. The van der Waals surface area contributed by atoms with E-state index in [9.17, 15) is 4.79 Å². The molecule has 0 bridgehead atoms. The molecule has 3 rings (SSSR count). The van der Waals surface area contributed by atoms with E-state index in [1.165, 1.54) is 0 Å². The number of aromatic nitrogens is 1. The normalized spacial score (nSPS) is 29.0. The molecule has 2 fully saturated rings. The summed E-state index contributed by atoms with van der Waals surface area (Å²) in [6, 6.07) is 3.07. The number of hydrazine groups is 1. The van der Waals surface area contributed by atoms with Crippen molar-refractivity contribution >= 4 is 17.5 Å². The molecule has 1 aliphatic carbocycles. The molecule has 1 aromatic heterocycles. The van der Waals surface area contributed by atoms with Gasteiger partial charge < -0.3 is 5.32 Å². The molecule has 2 heterocycles. The van der Waals surface area contributed by atoms with Crippen LogP contribution in [-0.2, 0) is 0 Å². The summed E-state index contributed by atoms with van der Waals surface area (Å²) in [5, 5.41) is 12.3. The molecule has 7 heteroatoms. The van der Waals surface area contributed by atoms with Crippen LogP contribution in [0.5, 0.6) is 0 Å². The fourth-order valence-corrected chi connectivity index (χ4v) is 4.04. The Balaban J connectivity index is 1.75. The number of halogens is 1. The zero-order valence-corrected chi connectivity index (χ0v) is 14.9. The van der Waals surface area contributed by atoms with Crippen LogP contribution in [0.3, 0.4) is 0 Å². The van der Waals surface area contributed by atoms with Gasteiger partial charge in [-0.15, -0.1) is 0 Å². The summed E-state index contributed by atoms with van der Waals surface area (Å²) in [5.41, 5.74) is 8.68. The van der Waals surface area contributed by atoms with Gasteiger partial charge in [-0.25, -0.2) is 4.98 Å². The molecule has 4 unspecified atom stereocenters. The molecule has 4 atom stereocenters. The van der Waals surface area contributed by atoms with Gasteiger partial charge in [-0.05, 0) is 57.1 Å². The molecule has 128 valence electrons. The van der Waals surface area contributed by atoms with Gasteiger partial charge in [0.1, 0.15) is 16.9 Å². The maximum atomic E-state index is 12.7. The van der Waals surface area contributed by atoms with Crippen molar-refractivity contribution in [3.63, 3.8) is 0 Å². The highest BCUT2D eigenvalue weighted by Gasteiger charge is 2.38. The quantitative estimate of drug-likeness (QED) is 0.712. The number of amides is 1. The fraction of sp³-hybridized carbons (Fsp3) is 0.588. The highest BCUT2D eigenvalue weighted by atomic mass is 35.5. The van der Waals surface area contributed by atoms with Crippen molar-refractivity contribution < 1.29 is 4.79 Å². The molecule has 1 aliphatic heterocycles. The van der Waals surface area contributed by atoms with E-state index in [-0.39, 0.29) is 17.1 Å². The molecular formula is C17H22ClN5O. The Morgan fingerprint density at radius 2 is 2.08 bits per heavy atom. The van der Waals surface area contributed by atoms with Crippen molar-refractivity contribution in [2.45, 2.75) is 58.2 Å². The highest BCUT2D eigenvalue weighted by molar-refractivity contribution is 6.30. The molecule has 0 spiro atoms. The SMILES string of the molecule is Cc1c(C(=O)NC2CCC3NNC(C)C3C2)nc(Cl)c(C#N)c1C. The van der Waals surface area contributed by atoms with Crippen molar-refractivity contribution in [3.8, 4) is 6.07 Å². The Hall–Kier alpha value is -1.68. The lowest BCUT2D eigenvalue weighted by Crippen LogP contribution is -2.44. The number of nitriles is 1. The van der Waals surface area contributed by atoms with Gasteiger partial charge in [0, 0.05) is 18.1 Å². The van der Waals surface area contributed by atoms with Crippen molar-refractivity contribution in [1.29, 1.82) is 5.26 Å². The monoisotopic (exact) mass is 347 g/mol. The minimum atomic E-state index is -0.211. The lowest BCUT2D eigenvalue weighted by molar-refractivity contribution is 0.0910. The third-order valence-corrected chi connectivity index (χ3v) is 5.68. The van der Waals surface area contributed by atoms with Crippen molar-refractivity contribution in [2.24, 2.45) is 5.92 Å². The van der Waals surface area contributed by atoms with E-state index in [0.717, 1.165) is 19.3 Å². The molecule has 6 nitrogen and oxygen atoms in total. The van der Waals surface area contributed by atoms with Crippen LogP contribution in [0, 0.1) is 31.1 Å². The highest BCUT2D eigenvalue weighted by Crippen LogP contribution is 2.30. The predicted octanol–water partition coefficient (Wildman–Crippen LogP) is 1.99. The van der Waals surface area contributed by atoms with E-state index in [1.54, 1.807) is 13.8 Å². The number of rotatable bonds is 2. The van der Waals surface area contributed by atoms with Crippen LogP contribution in [0.25, 0.3) is 0 Å². The van der Waals surface area contributed by atoms with Gasteiger partial charge in [-0.2, -0.15) is 5.26 Å². The first-order valence-electron chi connectivity index (χ1n) is 8.31. The lowest BCUT2D eigenvalue weighted by Gasteiger charge is -2.32. The molecule has 1 amide bonds. The summed E-state index contributed by atoms with van der Waals surface area (Å²) in [6.45, 7) is 5.76. The van der Waals surface area contributed by atoms with Gasteiger partial charge >= 0.3 is 0 Å². The minimum Gasteiger partial charge on any atom is -0.348 e. The number of fused-ring (bicyclic) bond motifs is 1. The van der Waals surface area contributed by atoms with Crippen molar-refractivity contribution in [3.05, 3.63) is 27.5 Å². The average molecular weight is 348 g/mol. The molecule has 3 N–H and O–H groups in total. The number of carbonyl (C=O) groups is 1. The van der Waals surface area contributed by atoms with E-state index in [2.05, 4.69) is 28.1 Å². The van der Waals surface area contributed by atoms with E-state index in [1.807, 2.05) is 6.07 Å². The summed E-state index contributed by atoms with van der Waals surface area (Å²) < 4.78 is 0. The zero-order valence-electron chi connectivity index (χ0n) is 14.1. The Morgan fingerprint density at radius 3 is 2.79 bits per heavy atom. The largest absolute Gasteiger partial charge is 0.348 e. The maximum Gasteiger partial charge on any atom is 0.270 e. The molecule has 24 heavy (non-hydrogen) atoms. The number of pyridine rings is 1. The van der Waals surface area contributed by atoms with Gasteiger partial charge in [0.25, 0.3) is 5.91 Å². The first kappa shape index (κ1) is 17.2. The molecular weight excluding hydrogens is 326 g/mol. The molecule has 1 saturated carbocycles. The third-order valence-electron chi connectivity index (χ3n) is 5.41. The molecule has 1 aromatic rings. The maximum absolute atomic E-state index is 12.7. The van der Waals surface area contributed by atoms with Gasteiger partial charge in [0.2, 0.25) is 0 Å². The van der Waals surface area contributed by atoms with Crippen LogP contribution < -0.4 is 16.2 Å². The topological polar surface area (TPSA) is 89.8 Å². The van der Waals surface area contributed by atoms with Crippen LogP contribution in [0.2, 0.25) is 5.15 Å². The predicted molar refractivity (Wildman–Crippen MR) is 91.6 cm³/mol. The summed E-state index contributed by atoms with van der Waals surface area (Å²) in [7, 11) is 0. The zero-order chi connectivity index (χ0) is 17.4. The molecule has 0 aromatic carbocycles. The van der Waals surface area contributed by atoms with Gasteiger partial charge in [-0.1, -0.05) is 11.6 Å². The van der Waals surface area contributed by atoms with Crippen molar-refractivity contribution in [1.82, 2.24) is 21.2 Å². The second-order valence-corrected chi connectivity index (χ2v) is 7.18. The second-order valence-electron chi connectivity index (χ2n) is 6.82. The van der Waals surface area contributed by atoms with Gasteiger partial charge in [0.05, 0.1) is 5.56 Å². The van der Waals surface area contributed by atoms with Crippen LogP contribution in [0.1, 0.15) is 53.4 Å². The number of nitrogens with one attached hydrogen (secondary N) is 3. The van der Waals surface area contributed by atoms with Crippen LogP contribution in [-0.4, -0.2) is 29.0 Å². The smallest absolute Gasteiger partial charge is 0.270 e. The second kappa shape index (κ2) is 6.67. The number of hydrogen-bond donors (Lipinski definition) is 3. The van der Waals surface area contributed by atoms with Crippen LogP contribution >= 0.6 is 11.6 Å². The van der Waals surface area contributed by atoms with E-state index < -0.39 is 0 Å². The Labute approximate surface area is 146 Å². The number of carbonyl (C=O) groups excluding carboxylic acids is 1. The van der Waals surface area contributed by atoms with E-state index >= 15 is 0 Å². The summed E-state index contributed by atoms with van der Waals surface area (Å²) in [5.74, 6) is 0.307. The summed E-state index contributed by atoms with van der Waals surface area (Å²) >= 11 is 6.06. The summed E-state index contributed by atoms with van der Waals surface area (Å²) in [6.07, 6.45) is 2.92. The van der Waals surface area contributed by atoms with Gasteiger partial charge in [0.15, 0.2) is 0 Å². The fourth-order valence-electron chi connectivity index (χ4n) is 3.78. The third kappa shape index (κ3) is 3.00. The van der Waals surface area contributed by atoms with Crippen LogP contribution in [0.4, 0.5) is 0 Å². The number of nitrogens with zero attached hydrogens (tertiary/aromatic N) is 2. The van der Waals surface area contributed by atoms with Crippen molar-refractivity contribution in [2.75, 3.05) is 0 Å². The number of hydrogen-bond acceptors (Lipinski definition) is 5. The Kier molecular flexibility index (Phi) is 4.77. The molecule has 1 saturated heterocycles. The first-order chi connectivity index (χ1) is 11.4. The summed E-state index contributed by atoms with van der Waals surface area (Å²) in [4.78, 5) is 16.8. The average Bonchev–Trinajstić information content (AvgIpc) is 2.92. The molecule has 2 aliphatic rings.